The molecule has 0 saturated heterocycles. The van der Waals surface area contributed by atoms with Crippen molar-refractivity contribution in [3.8, 4) is 0 Å². The fourth-order valence-electron chi connectivity index (χ4n) is 2.47. The van der Waals surface area contributed by atoms with Gasteiger partial charge in [0.25, 0.3) is 0 Å². The molecule has 25 heavy (non-hydrogen) atoms. The quantitative estimate of drug-likeness (QED) is 0.584. The van der Waals surface area contributed by atoms with E-state index in [0.29, 0.717) is 5.82 Å². The van der Waals surface area contributed by atoms with Gasteiger partial charge in [-0.2, -0.15) is 0 Å². The van der Waals surface area contributed by atoms with Crippen LogP contribution in [0.4, 0.5) is 23.0 Å². The SMILES string of the molecule is Cc1cc(Nc2ccc(Nc3cnc4ccccc4n3)cc2)ncn1. The van der Waals surface area contributed by atoms with Gasteiger partial charge in [-0.3, -0.25) is 4.98 Å². The van der Waals surface area contributed by atoms with Gasteiger partial charge in [-0.25, -0.2) is 15.0 Å². The first-order valence-electron chi connectivity index (χ1n) is 7.91. The maximum absolute atomic E-state index is 4.56. The first-order chi connectivity index (χ1) is 12.3. The third-order valence-corrected chi connectivity index (χ3v) is 3.68. The van der Waals surface area contributed by atoms with Crippen LogP contribution in [0, 0.1) is 6.92 Å². The van der Waals surface area contributed by atoms with E-state index in [1.807, 2.05) is 61.5 Å². The van der Waals surface area contributed by atoms with Gasteiger partial charge in [0.2, 0.25) is 0 Å². The maximum atomic E-state index is 4.56. The normalized spacial score (nSPS) is 10.6. The molecule has 4 aromatic rings. The van der Waals surface area contributed by atoms with Gasteiger partial charge in [0.05, 0.1) is 17.2 Å². The highest BCUT2D eigenvalue weighted by atomic mass is 15.0. The van der Waals surface area contributed by atoms with Gasteiger partial charge in [-0.15, -0.1) is 0 Å². The largest absolute Gasteiger partial charge is 0.340 e. The lowest BCUT2D eigenvalue weighted by molar-refractivity contribution is 1.10. The number of hydrogen-bond donors (Lipinski definition) is 2. The summed E-state index contributed by atoms with van der Waals surface area (Å²) < 4.78 is 0. The first-order valence-corrected chi connectivity index (χ1v) is 7.91. The molecular weight excluding hydrogens is 312 g/mol. The fourth-order valence-corrected chi connectivity index (χ4v) is 2.47. The number of hydrogen-bond acceptors (Lipinski definition) is 6. The summed E-state index contributed by atoms with van der Waals surface area (Å²) in [6.07, 6.45) is 3.28. The van der Waals surface area contributed by atoms with Gasteiger partial charge in [0.1, 0.15) is 18.0 Å². The Kier molecular flexibility index (Phi) is 3.92. The van der Waals surface area contributed by atoms with E-state index in [9.17, 15) is 0 Å². The molecular formula is C19H16N6. The van der Waals surface area contributed by atoms with Crippen LogP contribution in [0.1, 0.15) is 5.69 Å². The average Bonchev–Trinajstić information content (AvgIpc) is 2.63. The highest BCUT2D eigenvalue weighted by molar-refractivity contribution is 5.76. The number of aryl methyl sites for hydroxylation is 1. The van der Waals surface area contributed by atoms with Crippen molar-refractivity contribution >= 4 is 34.0 Å². The molecule has 2 N–H and O–H groups in total. The molecule has 6 nitrogen and oxygen atoms in total. The lowest BCUT2D eigenvalue weighted by Crippen LogP contribution is -1.97. The van der Waals surface area contributed by atoms with Crippen molar-refractivity contribution in [2.45, 2.75) is 6.92 Å². The van der Waals surface area contributed by atoms with Gasteiger partial charge >= 0.3 is 0 Å². The van der Waals surface area contributed by atoms with E-state index in [0.717, 1.165) is 33.9 Å². The Morgan fingerprint density at radius 3 is 2.12 bits per heavy atom. The third kappa shape index (κ3) is 3.53. The second-order valence-corrected chi connectivity index (χ2v) is 5.62. The van der Waals surface area contributed by atoms with E-state index < -0.39 is 0 Å². The van der Waals surface area contributed by atoms with Crippen molar-refractivity contribution < 1.29 is 0 Å². The lowest BCUT2D eigenvalue weighted by atomic mass is 10.2. The molecule has 0 radical (unpaired) electrons. The van der Waals surface area contributed by atoms with Crippen molar-refractivity contribution in [1.82, 2.24) is 19.9 Å². The molecule has 0 spiro atoms. The van der Waals surface area contributed by atoms with E-state index in [-0.39, 0.29) is 0 Å². The summed E-state index contributed by atoms with van der Waals surface area (Å²) in [5.74, 6) is 1.49. The van der Waals surface area contributed by atoms with E-state index in [1.54, 1.807) is 12.5 Å². The number of aromatic nitrogens is 4. The summed E-state index contributed by atoms with van der Waals surface area (Å²) in [4.78, 5) is 17.3. The number of nitrogens with one attached hydrogen (secondary N) is 2. The van der Waals surface area contributed by atoms with Gasteiger partial charge in [0.15, 0.2) is 0 Å². The van der Waals surface area contributed by atoms with Crippen LogP contribution in [-0.2, 0) is 0 Å². The first kappa shape index (κ1) is 15.0. The van der Waals surface area contributed by atoms with E-state index in [1.165, 1.54) is 0 Å². The van der Waals surface area contributed by atoms with Crippen LogP contribution in [0.15, 0.2) is 67.1 Å². The van der Waals surface area contributed by atoms with Gasteiger partial charge < -0.3 is 10.6 Å². The molecule has 2 aromatic carbocycles. The van der Waals surface area contributed by atoms with Crippen LogP contribution in [0.25, 0.3) is 11.0 Å². The minimum atomic E-state index is 0.714. The molecule has 0 unspecified atom stereocenters. The Balaban J connectivity index is 1.49. The van der Waals surface area contributed by atoms with E-state index in [2.05, 4.69) is 30.6 Å². The lowest BCUT2D eigenvalue weighted by Gasteiger charge is -2.09. The van der Waals surface area contributed by atoms with Gasteiger partial charge in [-0.05, 0) is 43.3 Å². The zero-order valence-corrected chi connectivity index (χ0v) is 13.6. The third-order valence-electron chi connectivity index (χ3n) is 3.68. The highest BCUT2D eigenvalue weighted by Crippen LogP contribution is 2.20. The Morgan fingerprint density at radius 1 is 0.720 bits per heavy atom. The smallest absolute Gasteiger partial charge is 0.149 e. The van der Waals surface area contributed by atoms with Gasteiger partial charge in [0, 0.05) is 23.1 Å². The monoisotopic (exact) mass is 328 g/mol. The molecule has 0 atom stereocenters. The van der Waals surface area contributed by atoms with E-state index in [4.69, 9.17) is 0 Å². The molecule has 0 amide bonds. The summed E-state index contributed by atoms with van der Waals surface area (Å²) in [6.45, 7) is 1.93. The molecule has 4 rings (SSSR count). The van der Waals surface area contributed by atoms with Crippen LogP contribution in [-0.4, -0.2) is 19.9 Å². The van der Waals surface area contributed by atoms with Crippen molar-refractivity contribution in [2.75, 3.05) is 10.6 Å². The number of para-hydroxylation sites is 2. The molecule has 0 aliphatic carbocycles. The Hall–Kier alpha value is -3.54. The molecule has 122 valence electrons. The predicted molar refractivity (Wildman–Crippen MR) is 99.3 cm³/mol. The van der Waals surface area contributed by atoms with Crippen LogP contribution < -0.4 is 10.6 Å². The number of fused-ring (bicyclic) bond motifs is 1. The number of anilines is 4. The molecule has 0 aliphatic rings. The summed E-state index contributed by atoms with van der Waals surface area (Å²) in [6, 6.07) is 17.6. The summed E-state index contributed by atoms with van der Waals surface area (Å²) in [5.41, 5.74) is 4.56. The molecule has 0 saturated carbocycles. The second kappa shape index (κ2) is 6.52. The summed E-state index contributed by atoms with van der Waals surface area (Å²) in [5, 5.41) is 6.52. The van der Waals surface area contributed by atoms with Crippen molar-refractivity contribution in [3.05, 3.63) is 72.8 Å². The van der Waals surface area contributed by atoms with Crippen LogP contribution in [0.3, 0.4) is 0 Å². The number of rotatable bonds is 4. The zero-order chi connectivity index (χ0) is 17.1. The minimum absolute atomic E-state index is 0.714. The second-order valence-electron chi connectivity index (χ2n) is 5.62. The zero-order valence-electron chi connectivity index (χ0n) is 13.6. The predicted octanol–water partition coefficient (Wildman–Crippen LogP) is 4.22. The standard InChI is InChI=1S/C19H16N6/c1-13-10-18(22-12-21-13)23-14-6-8-15(9-7-14)24-19-11-20-16-4-2-3-5-17(16)25-19/h2-12H,1H3,(H,24,25)(H,21,22,23). The Morgan fingerprint density at radius 2 is 1.40 bits per heavy atom. The highest BCUT2D eigenvalue weighted by Gasteiger charge is 2.01. The summed E-state index contributed by atoms with van der Waals surface area (Å²) >= 11 is 0. The number of nitrogens with zero attached hydrogens (tertiary/aromatic N) is 4. The molecule has 0 fully saturated rings. The van der Waals surface area contributed by atoms with Crippen LogP contribution in [0.5, 0.6) is 0 Å². The van der Waals surface area contributed by atoms with Crippen molar-refractivity contribution in [3.63, 3.8) is 0 Å². The molecule has 0 bridgehead atoms. The van der Waals surface area contributed by atoms with Crippen LogP contribution >= 0.6 is 0 Å². The molecule has 2 aromatic heterocycles. The topological polar surface area (TPSA) is 75.6 Å². The number of benzene rings is 2. The minimum Gasteiger partial charge on any atom is -0.340 e. The molecule has 0 aliphatic heterocycles. The average molecular weight is 328 g/mol. The summed E-state index contributed by atoms with van der Waals surface area (Å²) in [7, 11) is 0. The van der Waals surface area contributed by atoms with Gasteiger partial charge in [-0.1, -0.05) is 12.1 Å². The molecule has 6 heteroatoms. The molecule has 2 heterocycles. The fraction of sp³-hybridized carbons (Fsp3) is 0.0526. The Labute approximate surface area is 145 Å². The van der Waals surface area contributed by atoms with Crippen molar-refractivity contribution in [1.29, 1.82) is 0 Å². The Bertz CT molecular complexity index is 1010. The van der Waals surface area contributed by atoms with Crippen LogP contribution in [0.2, 0.25) is 0 Å². The van der Waals surface area contributed by atoms with Crippen molar-refractivity contribution in [2.24, 2.45) is 0 Å². The maximum Gasteiger partial charge on any atom is 0.149 e. The van der Waals surface area contributed by atoms with E-state index >= 15 is 0 Å².